The maximum absolute atomic E-state index is 11.2. The fourth-order valence-corrected chi connectivity index (χ4v) is 2.99. The molecule has 17 heavy (non-hydrogen) atoms. The minimum absolute atomic E-state index is 0.337. The van der Waals surface area contributed by atoms with Gasteiger partial charge in [-0.15, -0.1) is 11.3 Å². The molecule has 0 spiro atoms. The first-order chi connectivity index (χ1) is 8.04. The second-order valence-electron chi connectivity index (χ2n) is 4.08. The summed E-state index contributed by atoms with van der Waals surface area (Å²) in [5, 5.41) is 10.2. The maximum atomic E-state index is 11.2. The minimum Gasteiger partial charge on any atom is -0.477 e. The van der Waals surface area contributed by atoms with Crippen molar-refractivity contribution in [2.75, 3.05) is 7.11 Å². The minimum atomic E-state index is -0.881. The van der Waals surface area contributed by atoms with E-state index in [0.29, 0.717) is 11.5 Å². The first kappa shape index (κ1) is 12.1. The molecule has 4 heteroatoms. The molecule has 0 amide bonds. The smallest absolute Gasteiger partial charge is 0.346 e. The largest absolute Gasteiger partial charge is 0.477 e. The summed E-state index contributed by atoms with van der Waals surface area (Å²) in [6.45, 7) is 4.40. The normalized spacial score (nSPS) is 11.0. The Hall–Kier alpha value is -1.39. The lowest BCUT2D eigenvalue weighted by molar-refractivity contribution is 0.0698. The lowest BCUT2D eigenvalue weighted by atomic mass is 10.0. The van der Waals surface area contributed by atoms with Crippen LogP contribution in [0.4, 0.5) is 0 Å². The van der Waals surface area contributed by atoms with E-state index in [-0.39, 0.29) is 0 Å². The van der Waals surface area contributed by atoms with Gasteiger partial charge in [-0.3, -0.25) is 0 Å². The molecular formula is C13H14O3S. The van der Waals surface area contributed by atoms with Crippen molar-refractivity contribution in [3.8, 4) is 0 Å². The number of aromatic carboxylic acids is 1. The monoisotopic (exact) mass is 250 g/mol. The van der Waals surface area contributed by atoms with Crippen molar-refractivity contribution < 1.29 is 14.6 Å². The van der Waals surface area contributed by atoms with Crippen LogP contribution in [0.15, 0.2) is 12.1 Å². The Morgan fingerprint density at radius 1 is 1.35 bits per heavy atom. The third kappa shape index (κ3) is 2.06. The van der Waals surface area contributed by atoms with Crippen LogP contribution in [0.25, 0.3) is 10.1 Å². The first-order valence-electron chi connectivity index (χ1n) is 5.29. The molecular weight excluding hydrogens is 236 g/mol. The molecule has 3 nitrogen and oxygen atoms in total. The number of thiophene rings is 1. The fourth-order valence-electron chi connectivity index (χ4n) is 1.86. The molecule has 0 saturated carbocycles. The number of rotatable bonds is 3. The lowest BCUT2D eigenvalue weighted by Crippen LogP contribution is -1.98. The average molecular weight is 250 g/mol. The van der Waals surface area contributed by atoms with Gasteiger partial charge in [0.25, 0.3) is 0 Å². The van der Waals surface area contributed by atoms with Crippen molar-refractivity contribution in [1.29, 1.82) is 0 Å². The number of carboxylic acid groups (broad SMARTS) is 1. The second-order valence-corrected chi connectivity index (χ2v) is 5.13. The molecule has 1 N–H and O–H groups in total. The molecule has 1 aromatic heterocycles. The van der Waals surface area contributed by atoms with Crippen molar-refractivity contribution in [3.05, 3.63) is 33.7 Å². The number of hydrogen-bond donors (Lipinski definition) is 1. The standard InChI is InChI=1S/C13H14O3S/c1-7-4-9-10(6-16-3)12(13(14)15)17-11(9)5-8(7)2/h4-5H,6H2,1-3H3,(H,14,15). The van der Waals surface area contributed by atoms with Crippen LogP contribution < -0.4 is 0 Å². The molecule has 0 fully saturated rings. The molecule has 2 rings (SSSR count). The highest BCUT2D eigenvalue weighted by molar-refractivity contribution is 7.21. The summed E-state index contributed by atoms with van der Waals surface area (Å²) >= 11 is 1.32. The number of aryl methyl sites for hydroxylation is 2. The molecule has 0 atom stereocenters. The molecule has 0 bridgehead atoms. The Morgan fingerprint density at radius 2 is 2.00 bits per heavy atom. The zero-order valence-corrected chi connectivity index (χ0v) is 10.9. The summed E-state index contributed by atoms with van der Waals surface area (Å²) in [5.41, 5.74) is 3.13. The fraction of sp³-hybridized carbons (Fsp3) is 0.308. The Kier molecular flexibility index (Phi) is 3.17. The zero-order valence-electron chi connectivity index (χ0n) is 10.0. The van der Waals surface area contributed by atoms with Gasteiger partial charge >= 0.3 is 5.97 Å². The number of carboxylic acids is 1. The first-order valence-corrected chi connectivity index (χ1v) is 6.11. The molecule has 0 aliphatic carbocycles. The van der Waals surface area contributed by atoms with E-state index in [2.05, 4.69) is 0 Å². The predicted octanol–water partition coefficient (Wildman–Crippen LogP) is 3.36. The number of benzene rings is 1. The van der Waals surface area contributed by atoms with Crippen LogP contribution in [0.3, 0.4) is 0 Å². The van der Waals surface area contributed by atoms with Gasteiger partial charge in [-0.05, 0) is 42.5 Å². The number of carbonyl (C=O) groups is 1. The van der Waals surface area contributed by atoms with Crippen LogP contribution >= 0.6 is 11.3 Å². The van der Waals surface area contributed by atoms with Crippen LogP contribution in [0, 0.1) is 13.8 Å². The Bertz CT molecular complexity index is 584. The molecule has 0 saturated heterocycles. The van der Waals surface area contributed by atoms with E-state index in [1.54, 1.807) is 7.11 Å². The lowest BCUT2D eigenvalue weighted by Gasteiger charge is -2.02. The van der Waals surface area contributed by atoms with Gasteiger partial charge in [0.05, 0.1) is 6.61 Å². The van der Waals surface area contributed by atoms with E-state index in [1.165, 1.54) is 22.5 Å². The summed E-state index contributed by atoms with van der Waals surface area (Å²) in [6.07, 6.45) is 0. The Balaban J connectivity index is 2.75. The SMILES string of the molecule is COCc1c(C(=O)O)sc2cc(C)c(C)cc12. The van der Waals surface area contributed by atoms with Gasteiger partial charge in [0, 0.05) is 17.4 Å². The van der Waals surface area contributed by atoms with Gasteiger partial charge in [0.2, 0.25) is 0 Å². The topological polar surface area (TPSA) is 46.5 Å². The Morgan fingerprint density at radius 3 is 2.59 bits per heavy atom. The van der Waals surface area contributed by atoms with Gasteiger partial charge in [-0.2, -0.15) is 0 Å². The van der Waals surface area contributed by atoms with Crippen molar-refractivity contribution in [1.82, 2.24) is 0 Å². The van der Waals surface area contributed by atoms with E-state index in [4.69, 9.17) is 4.74 Å². The molecule has 0 radical (unpaired) electrons. The summed E-state index contributed by atoms with van der Waals surface area (Å²) in [6, 6.07) is 4.09. The summed E-state index contributed by atoms with van der Waals surface area (Å²) in [7, 11) is 1.58. The van der Waals surface area contributed by atoms with Gasteiger partial charge < -0.3 is 9.84 Å². The van der Waals surface area contributed by atoms with E-state index in [9.17, 15) is 9.90 Å². The van der Waals surface area contributed by atoms with Crippen LogP contribution in [-0.2, 0) is 11.3 Å². The van der Waals surface area contributed by atoms with Gasteiger partial charge in [0.15, 0.2) is 0 Å². The van der Waals surface area contributed by atoms with Crippen molar-refractivity contribution in [2.24, 2.45) is 0 Å². The molecule has 90 valence electrons. The van der Waals surface area contributed by atoms with Gasteiger partial charge in [-0.25, -0.2) is 4.79 Å². The van der Waals surface area contributed by atoms with Crippen molar-refractivity contribution >= 4 is 27.4 Å². The zero-order chi connectivity index (χ0) is 12.6. The van der Waals surface area contributed by atoms with Crippen LogP contribution in [0.2, 0.25) is 0 Å². The highest BCUT2D eigenvalue weighted by atomic mass is 32.1. The average Bonchev–Trinajstić information content (AvgIpc) is 2.59. The highest BCUT2D eigenvalue weighted by Gasteiger charge is 2.17. The summed E-state index contributed by atoms with van der Waals surface area (Å²) < 4.78 is 6.11. The van der Waals surface area contributed by atoms with Crippen LogP contribution in [-0.4, -0.2) is 18.2 Å². The molecule has 0 aliphatic heterocycles. The highest BCUT2D eigenvalue weighted by Crippen LogP contribution is 2.33. The molecule has 2 aromatic rings. The molecule has 0 aliphatic rings. The number of fused-ring (bicyclic) bond motifs is 1. The van der Waals surface area contributed by atoms with Crippen molar-refractivity contribution in [2.45, 2.75) is 20.5 Å². The van der Waals surface area contributed by atoms with Crippen molar-refractivity contribution in [3.63, 3.8) is 0 Å². The number of hydrogen-bond acceptors (Lipinski definition) is 3. The number of methoxy groups -OCH3 is 1. The van der Waals surface area contributed by atoms with E-state index in [0.717, 1.165) is 15.6 Å². The third-order valence-electron chi connectivity index (χ3n) is 2.89. The van der Waals surface area contributed by atoms with Gasteiger partial charge in [0.1, 0.15) is 4.88 Å². The molecule has 1 aromatic carbocycles. The van der Waals surface area contributed by atoms with E-state index >= 15 is 0 Å². The molecule has 1 heterocycles. The van der Waals surface area contributed by atoms with Gasteiger partial charge in [-0.1, -0.05) is 0 Å². The molecule has 0 unspecified atom stereocenters. The number of ether oxygens (including phenoxy) is 1. The quantitative estimate of drug-likeness (QED) is 0.908. The second kappa shape index (κ2) is 4.47. The third-order valence-corrected chi connectivity index (χ3v) is 4.07. The summed E-state index contributed by atoms with van der Waals surface area (Å²) in [4.78, 5) is 11.6. The van der Waals surface area contributed by atoms with E-state index < -0.39 is 5.97 Å². The Labute approximate surface area is 104 Å². The van der Waals surface area contributed by atoms with Crippen LogP contribution in [0.1, 0.15) is 26.4 Å². The predicted molar refractivity (Wildman–Crippen MR) is 69.0 cm³/mol. The van der Waals surface area contributed by atoms with Crippen LogP contribution in [0.5, 0.6) is 0 Å². The van der Waals surface area contributed by atoms with E-state index in [1.807, 2.05) is 26.0 Å². The maximum Gasteiger partial charge on any atom is 0.346 e. The summed E-state index contributed by atoms with van der Waals surface area (Å²) in [5.74, 6) is -0.881.